The van der Waals surface area contributed by atoms with E-state index in [1.807, 2.05) is 0 Å². The highest BCUT2D eigenvalue weighted by molar-refractivity contribution is 5.84. The molecule has 0 saturated heterocycles. The van der Waals surface area contributed by atoms with Crippen LogP contribution >= 0.6 is 0 Å². The number of hydrogen-bond acceptors (Lipinski definition) is 6. The van der Waals surface area contributed by atoms with Crippen molar-refractivity contribution in [1.29, 1.82) is 0 Å². The minimum Gasteiger partial charge on any atom is -0.493 e. The van der Waals surface area contributed by atoms with Gasteiger partial charge in [0.1, 0.15) is 0 Å². The normalized spacial score (nSPS) is 10.9. The predicted molar refractivity (Wildman–Crippen MR) is 114 cm³/mol. The van der Waals surface area contributed by atoms with Gasteiger partial charge in [-0.1, -0.05) is 26.2 Å². The fourth-order valence-electron chi connectivity index (χ4n) is 2.81. The Labute approximate surface area is 174 Å². The molecular weight excluding hydrogens is 388 g/mol. The number of hydrazone groups is 1. The lowest BCUT2D eigenvalue weighted by Crippen LogP contribution is -2.30. The first-order valence-corrected chi connectivity index (χ1v) is 9.89. The van der Waals surface area contributed by atoms with Crippen LogP contribution in [-0.4, -0.2) is 35.8 Å². The Kier molecular flexibility index (Phi) is 8.86. The number of amides is 1. The van der Waals surface area contributed by atoms with Gasteiger partial charge in [0.25, 0.3) is 5.56 Å². The van der Waals surface area contributed by atoms with E-state index in [0.29, 0.717) is 29.4 Å². The molecule has 0 aliphatic carbocycles. The van der Waals surface area contributed by atoms with Crippen molar-refractivity contribution < 1.29 is 14.3 Å². The number of nitrogens with zero attached hydrogens (tertiary/aromatic N) is 1. The topological polar surface area (TPSA) is 126 Å². The van der Waals surface area contributed by atoms with E-state index >= 15 is 0 Å². The van der Waals surface area contributed by atoms with Crippen molar-refractivity contribution in [1.82, 2.24) is 15.4 Å². The Bertz CT molecular complexity index is 994. The van der Waals surface area contributed by atoms with Gasteiger partial charge in [-0.15, -0.1) is 0 Å². The average Bonchev–Trinajstić information content (AvgIpc) is 2.71. The van der Waals surface area contributed by atoms with Crippen LogP contribution in [0.2, 0.25) is 0 Å². The molecule has 0 atom stereocenters. The molecule has 162 valence electrons. The Morgan fingerprint density at radius 3 is 2.67 bits per heavy atom. The average molecular weight is 416 g/mol. The maximum absolute atomic E-state index is 12.0. The third-order valence-corrected chi connectivity index (χ3v) is 4.44. The number of aryl methyl sites for hydroxylation is 1. The smallest absolute Gasteiger partial charge is 0.325 e. The number of aromatic nitrogens is 2. The molecule has 0 spiro atoms. The number of carbonyl (C=O) groups excluding carboxylic acids is 1. The summed E-state index contributed by atoms with van der Waals surface area (Å²) in [5.74, 6) is 0.755. The minimum atomic E-state index is -0.609. The van der Waals surface area contributed by atoms with Gasteiger partial charge in [-0.3, -0.25) is 14.6 Å². The number of benzene rings is 1. The summed E-state index contributed by atoms with van der Waals surface area (Å²) >= 11 is 0. The summed E-state index contributed by atoms with van der Waals surface area (Å²) in [6.07, 6.45) is 5.75. The van der Waals surface area contributed by atoms with Gasteiger partial charge >= 0.3 is 5.69 Å². The van der Waals surface area contributed by atoms with Gasteiger partial charge in [-0.25, -0.2) is 10.2 Å². The molecule has 0 bridgehead atoms. The molecule has 0 aliphatic heterocycles. The molecule has 0 unspecified atom stereocenters. The highest BCUT2D eigenvalue weighted by atomic mass is 16.5. The molecule has 2 rings (SSSR count). The summed E-state index contributed by atoms with van der Waals surface area (Å²) in [4.78, 5) is 39.6. The second-order valence-corrected chi connectivity index (χ2v) is 6.80. The lowest BCUT2D eigenvalue weighted by atomic mass is 10.1. The highest BCUT2D eigenvalue weighted by Crippen LogP contribution is 2.27. The molecule has 9 nitrogen and oxygen atoms in total. The number of H-pyrrole nitrogens is 2. The van der Waals surface area contributed by atoms with Crippen LogP contribution in [0.1, 0.15) is 49.4 Å². The third-order valence-electron chi connectivity index (χ3n) is 4.44. The first-order valence-electron chi connectivity index (χ1n) is 9.89. The molecule has 0 radical (unpaired) electrons. The van der Waals surface area contributed by atoms with E-state index in [0.717, 1.165) is 12.8 Å². The van der Waals surface area contributed by atoms with Crippen LogP contribution in [0.25, 0.3) is 0 Å². The SMILES string of the molecule is CCCCCCOc1ccc(/C=N\NC(=O)Cc2c(C)[nH]c(=O)[nH]c2=O)cc1OC. The number of rotatable bonds is 11. The molecule has 9 heteroatoms. The van der Waals surface area contributed by atoms with Gasteiger partial charge in [0, 0.05) is 11.3 Å². The van der Waals surface area contributed by atoms with Gasteiger partial charge < -0.3 is 14.5 Å². The fourth-order valence-corrected chi connectivity index (χ4v) is 2.81. The summed E-state index contributed by atoms with van der Waals surface area (Å²) in [7, 11) is 1.56. The van der Waals surface area contributed by atoms with Crippen LogP contribution in [0.15, 0.2) is 32.9 Å². The number of carbonyl (C=O) groups is 1. The molecule has 1 aromatic carbocycles. The van der Waals surface area contributed by atoms with Crippen molar-refractivity contribution in [3.05, 3.63) is 55.9 Å². The van der Waals surface area contributed by atoms with Crippen molar-refractivity contribution in [2.75, 3.05) is 13.7 Å². The molecule has 0 aliphatic rings. The van der Waals surface area contributed by atoms with E-state index in [1.165, 1.54) is 19.1 Å². The molecule has 30 heavy (non-hydrogen) atoms. The molecule has 1 amide bonds. The van der Waals surface area contributed by atoms with Crippen LogP contribution in [0.4, 0.5) is 0 Å². The van der Waals surface area contributed by atoms with E-state index in [-0.39, 0.29) is 12.0 Å². The molecular formula is C21H28N4O5. The third kappa shape index (κ3) is 6.91. The second-order valence-electron chi connectivity index (χ2n) is 6.80. The van der Waals surface area contributed by atoms with Crippen LogP contribution < -0.4 is 26.1 Å². The lowest BCUT2D eigenvalue weighted by Gasteiger charge is -2.11. The number of nitrogens with one attached hydrogen (secondary N) is 3. The standard InChI is InChI=1S/C21H28N4O5/c1-4-5-6-7-10-30-17-9-8-15(11-18(17)29-3)13-22-25-19(26)12-16-14(2)23-21(28)24-20(16)27/h8-9,11,13H,4-7,10,12H2,1-3H3,(H,25,26)(H2,23,24,27,28)/b22-13-. The van der Waals surface area contributed by atoms with Crippen LogP contribution in [0, 0.1) is 6.92 Å². The molecule has 3 N–H and O–H groups in total. The van der Waals surface area contributed by atoms with Crippen molar-refractivity contribution >= 4 is 12.1 Å². The highest BCUT2D eigenvalue weighted by Gasteiger charge is 2.11. The van der Waals surface area contributed by atoms with Crippen molar-refractivity contribution in [3.8, 4) is 11.5 Å². The van der Waals surface area contributed by atoms with Gasteiger partial charge in [-0.2, -0.15) is 5.10 Å². The zero-order valence-electron chi connectivity index (χ0n) is 17.5. The number of aromatic amines is 2. The molecule has 1 heterocycles. The minimum absolute atomic E-state index is 0.185. The van der Waals surface area contributed by atoms with Gasteiger partial charge in [-0.05, 0) is 37.1 Å². The number of ether oxygens (including phenoxy) is 2. The second kappa shape index (κ2) is 11.6. The fraction of sp³-hybridized carbons (Fsp3) is 0.429. The zero-order valence-corrected chi connectivity index (χ0v) is 17.5. The predicted octanol–water partition coefficient (Wildman–Crippen LogP) is 2.03. The maximum atomic E-state index is 12.0. The van der Waals surface area contributed by atoms with Crippen molar-refractivity contribution in [2.24, 2.45) is 5.10 Å². The van der Waals surface area contributed by atoms with E-state index in [1.54, 1.807) is 32.2 Å². The van der Waals surface area contributed by atoms with Gasteiger partial charge in [0.05, 0.1) is 26.4 Å². The van der Waals surface area contributed by atoms with Crippen LogP contribution in [-0.2, 0) is 11.2 Å². The Balaban J connectivity index is 1.93. The van der Waals surface area contributed by atoms with Crippen molar-refractivity contribution in [3.63, 3.8) is 0 Å². The van der Waals surface area contributed by atoms with Gasteiger partial charge in [0.2, 0.25) is 5.91 Å². The molecule has 1 aromatic heterocycles. The van der Waals surface area contributed by atoms with Crippen LogP contribution in [0.5, 0.6) is 11.5 Å². The van der Waals surface area contributed by atoms with Gasteiger partial charge in [0.15, 0.2) is 11.5 Å². The summed E-state index contributed by atoms with van der Waals surface area (Å²) in [5, 5.41) is 3.91. The number of unbranched alkanes of at least 4 members (excludes halogenated alkanes) is 3. The monoisotopic (exact) mass is 416 g/mol. The first kappa shape index (κ1) is 22.9. The van der Waals surface area contributed by atoms with Crippen LogP contribution in [0.3, 0.4) is 0 Å². The van der Waals surface area contributed by atoms with E-state index in [9.17, 15) is 14.4 Å². The summed E-state index contributed by atoms with van der Waals surface area (Å²) in [6.45, 7) is 4.35. The molecule has 2 aromatic rings. The zero-order chi connectivity index (χ0) is 21.9. The lowest BCUT2D eigenvalue weighted by molar-refractivity contribution is -0.120. The summed E-state index contributed by atoms with van der Waals surface area (Å²) in [6, 6.07) is 5.36. The van der Waals surface area contributed by atoms with E-state index < -0.39 is 17.2 Å². The number of methoxy groups -OCH3 is 1. The Morgan fingerprint density at radius 1 is 1.17 bits per heavy atom. The first-order chi connectivity index (χ1) is 14.4. The van der Waals surface area contributed by atoms with Crippen molar-refractivity contribution in [2.45, 2.75) is 46.0 Å². The summed E-state index contributed by atoms with van der Waals surface area (Å²) < 4.78 is 11.1. The quantitative estimate of drug-likeness (QED) is 0.294. The Morgan fingerprint density at radius 2 is 1.97 bits per heavy atom. The molecule has 0 saturated carbocycles. The summed E-state index contributed by atoms with van der Waals surface area (Å²) in [5.41, 5.74) is 2.41. The van der Waals surface area contributed by atoms with E-state index in [4.69, 9.17) is 9.47 Å². The maximum Gasteiger partial charge on any atom is 0.325 e. The molecule has 0 fully saturated rings. The number of hydrogen-bond donors (Lipinski definition) is 3. The van der Waals surface area contributed by atoms with E-state index in [2.05, 4.69) is 27.4 Å². The largest absolute Gasteiger partial charge is 0.493 e. The Hall–Kier alpha value is -3.36.